The zero-order valence-electron chi connectivity index (χ0n) is 81.8. The van der Waals surface area contributed by atoms with Crippen LogP contribution in [0.5, 0.6) is 23.0 Å². The number of nitrogens with zero attached hydrogens (tertiary/aromatic N) is 9. The predicted molar refractivity (Wildman–Crippen MR) is 528 cm³/mol. The average molecular weight is 2160 g/mol. The summed E-state index contributed by atoms with van der Waals surface area (Å²) in [4.78, 5) is 33.6. The second-order valence-electron chi connectivity index (χ2n) is 33.4. The first-order valence-electron chi connectivity index (χ1n) is 46.6. The number of esters is 1. The zero-order valence-corrected chi connectivity index (χ0v) is 86.4. The van der Waals surface area contributed by atoms with Gasteiger partial charge in [0.05, 0.1) is 35.4 Å². The number of hydrogen-bond acceptors (Lipinski definition) is 23. The average Bonchev–Trinajstić information content (AvgIpc) is 1.62. The van der Waals surface area contributed by atoms with Gasteiger partial charge in [-0.3, -0.25) is 10.2 Å². The second-order valence-corrected chi connectivity index (χ2v) is 49.7. The van der Waals surface area contributed by atoms with E-state index in [0.29, 0.717) is 186 Å². The van der Waals surface area contributed by atoms with Crippen LogP contribution in [0.2, 0.25) is 26.4 Å². The van der Waals surface area contributed by atoms with Gasteiger partial charge in [0, 0.05) is 57.7 Å². The standard InChI is InChI=1S/C23H24F3NO4.C22H24F3N5O2.C22H23F3N2O3.C22H21F3N2O2.C4H8O.CH2Cl2.CH4.5CH3.Al.N3.H2N.Sn/c1-4-9-15-13-17-20(31-27-21(17)23(24,25)26)16(10-5-2)18(15)30-19(22(28)29-3)14-11-7-6-8-12-14;1-3-8-14-12-16-19(32-28-20(16)22(23,24)25)15(9-4-2)17(14)31-18(21-26-29-30-27-21)13-10-6-5-7-11-13;1-3-8-14-12-16-19(30-27-20(16)22(23,24)25)15(9-4-2)17(14)29-18(21(26)28)13-10-6-5-7-11-13;1-3-8-15-12-17-20(29-27-21(17)22(23,24)25)16(9-4-2)19(15)28-18(13-26)14-10-6-5-7-11-14;1-2-4-5-3-1;2-1-3;;;;;;;;1-3-2;;/h6-8,11-13,19H,4-5,9-10H2,1-3H3;5-7,10-12,18,29-30H,3-4,8-9H2,1-2H3,(H,26,27);5-7,10-12,18H,3-4,8-9H2,1-2H3,(H2,26,28);5-7,10-12,18H,3-4,8-9H2,1-2H3;1-4H2;1H2;1H4;5*1H3;;;1H2;/q;;;;;;;;;;;;+1;2*-1;+1/i;;;;3D;;;;;;;;;;;. The molecule has 12 aromatic rings. The Hall–Kier alpha value is -11.2. The summed E-state index contributed by atoms with van der Waals surface area (Å²) in [7, 11) is 1.26. The summed E-state index contributed by atoms with van der Waals surface area (Å²) in [6.07, 6.45) is -11.0. The van der Waals surface area contributed by atoms with Crippen molar-refractivity contribution in [3.8, 4) is 29.1 Å². The van der Waals surface area contributed by atoms with Gasteiger partial charge in [0.2, 0.25) is 18.3 Å². The molecule has 5 atom stereocenters. The van der Waals surface area contributed by atoms with Gasteiger partial charge in [-0.2, -0.15) is 57.9 Å². The molecule has 8 aromatic carbocycles. The Bertz CT molecular complexity index is 6100. The first-order chi connectivity index (χ1) is 67.5. The van der Waals surface area contributed by atoms with Crippen molar-refractivity contribution in [2.24, 2.45) is 18.9 Å². The molecule has 770 valence electrons. The number of fused-ring (bicyclic) bond motifs is 4. The molecule has 1 fully saturated rings. The van der Waals surface area contributed by atoms with E-state index in [1.54, 1.807) is 78.9 Å². The van der Waals surface area contributed by atoms with Gasteiger partial charge in [-0.25, -0.2) is 10.3 Å². The fourth-order valence-corrected chi connectivity index (χ4v) is 15.6. The predicted octanol–water partition coefficient (Wildman–Crippen LogP) is 27.8. The van der Waals surface area contributed by atoms with Gasteiger partial charge in [0.15, 0.2) is 57.0 Å². The van der Waals surface area contributed by atoms with E-state index in [2.05, 4.69) is 82.9 Å². The van der Waals surface area contributed by atoms with Crippen LogP contribution in [0.4, 0.5) is 52.7 Å². The Labute approximate surface area is 838 Å². The number of halogens is 14. The van der Waals surface area contributed by atoms with Gasteiger partial charge in [-0.05, 0) is 111 Å². The van der Waals surface area contributed by atoms with Gasteiger partial charge >= 0.3 is 92.3 Å². The second kappa shape index (κ2) is 57.9. The van der Waals surface area contributed by atoms with Crippen LogP contribution < -0.4 is 45.9 Å². The summed E-state index contributed by atoms with van der Waals surface area (Å²) >= 11 is 6.82. The van der Waals surface area contributed by atoms with Crippen LogP contribution in [0.3, 0.4) is 0 Å². The van der Waals surface area contributed by atoms with Crippen molar-refractivity contribution in [3.05, 3.63) is 246 Å². The molecular weight excluding hydrogens is 2030 g/mol. The van der Waals surface area contributed by atoms with Gasteiger partial charge in [0.25, 0.3) is 5.91 Å². The molecule has 0 saturated carbocycles. The fourth-order valence-electron chi connectivity index (χ4n) is 14.8. The van der Waals surface area contributed by atoms with Crippen LogP contribution in [0.25, 0.3) is 54.3 Å². The molecule has 0 radical (unpaired) electrons. The molecule has 0 spiro atoms. The van der Waals surface area contributed by atoms with Crippen molar-refractivity contribution in [3.63, 3.8) is 0 Å². The van der Waals surface area contributed by atoms with Crippen molar-refractivity contribution in [2.75, 3.05) is 25.6 Å². The van der Waals surface area contributed by atoms with Crippen LogP contribution >= 0.6 is 23.2 Å². The van der Waals surface area contributed by atoms with Crippen LogP contribution in [0, 0.1) is 11.3 Å². The number of hydrazone groups is 1. The fraction of sp³-hybridized carbons (Fsp3) is 0.440. The third kappa shape index (κ3) is 34.0. The molecule has 7 N–H and O–H groups in total. The van der Waals surface area contributed by atoms with E-state index in [1.807, 2.05) is 97.9 Å². The Kier molecular flexibility index (Phi) is 48.0. The summed E-state index contributed by atoms with van der Waals surface area (Å²) < 4.78 is 232. The number of methoxy groups -OCH3 is 1. The van der Waals surface area contributed by atoms with Crippen molar-refractivity contribution in [1.29, 1.82) is 5.26 Å². The van der Waals surface area contributed by atoms with Crippen LogP contribution in [-0.4, -0.2) is 97.0 Å². The monoisotopic (exact) mass is 2160 g/mol. The molecule has 26 nitrogen and oxygen atoms in total. The van der Waals surface area contributed by atoms with Crippen LogP contribution in [0.1, 0.15) is 242 Å². The van der Waals surface area contributed by atoms with Gasteiger partial charge in [0.1, 0.15) is 29.1 Å². The van der Waals surface area contributed by atoms with E-state index in [9.17, 15) is 67.5 Å². The number of hydrogen-bond donors (Lipinski definition) is 5. The van der Waals surface area contributed by atoms with E-state index < -0.39 is 117 Å². The van der Waals surface area contributed by atoms with Crippen molar-refractivity contribution < 1.29 is 110 Å². The molecule has 0 bridgehead atoms. The first-order valence-corrected chi connectivity index (χ1v) is 59.9. The first kappa shape index (κ1) is 118. The third-order valence-corrected chi connectivity index (χ3v) is 22.5. The summed E-state index contributed by atoms with van der Waals surface area (Å²) in [5, 5.41) is 27.0. The molecular formula is C100H123AlCl2F12N14O12Sn. The Morgan fingerprint density at radius 1 is 0.521 bits per heavy atom. The SMILES string of the molecule is C.CCCc1cc2c(C(F)(F)F)noc2c(CCC)c1OC(C#N)c1ccccc1.CCCc1cc2c(C(F)(F)F)noc2c(CCC)c1OC(C(=O)OC)c1ccccc1.CCCc1cc2c(C(F)(F)F)noc2c(CCC)c1OC(C(N)=O)c1ccccc1.CCCc1cc2c(C(F)(F)F)noc2c(CCC)c1OC(C1=NNNN1)c1ccccc1.ClCCl.[2H]C1CCCO1.[CH3][Al]([CH3])[NH2].[CH3][Sn]([CH3])([CH3])[N]=[N+]=[N-]. The Morgan fingerprint density at radius 3 is 1.07 bits per heavy atom. The number of aromatic nitrogens is 4. The molecule has 14 rings (SSSR count). The molecule has 42 heteroatoms. The van der Waals surface area contributed by atoms with E-state index in [4.69, 9.17) is 87.1 Å². The van der Waals surface area contributed by atoms with E-state index >= 15 is 0 Å². The van der Waals surface area contributed by atoms with Crippen molar-refractivity contribution in [2.45, 2.75) is 254 Å². The number of nitrogens with two attached hydrogens (primary N) is 2. The number of nitrogens with one attached hydrogen (secondary N) is 3. The normalized spacial score (nSPS) is 13.7. The number of nitriles is 1. The number of rotatable bonds is 32. The number of amides is 1. The molecule has 4 aromatic heterocycles. The third-order valence-electron chi connectivity index (χ3n) is 20.6. The van der Waals surface area contributed by atoms with Crippen LogP contribution in [-0.2, 0) is 95.1 Å². The summed E-state index contributed by atoms with van der Waals surface area (Å²) in [6, 6.07) is 43.9. The molecule has 142 heavy (non-hydrogen) atoms. The van der Waals surface area contributed by atoms with E-state index in [1.165, 1.54) is 31.4 Å². The maximum atomic E-state index is 13.5. The number of aryl methyl sites for hydroxylation is 8. The van der Waals surface area contributed by atoms with E-state index in [-0.39, 0.29) is 63.2 Å². The van der Waals surface area contributed by atoms with Crippen molar-refractivity contribution in [1.82, 2.24) is 37.1 Å². The Morgan fingerprint density at radius 2 is 0.824 bits per heavy atom. The number of primary amides is 1. The zero-order chi connectivity index (χ0) is 105. The maximum absolute atomic E-state index is 13.5. The Balaban J connectivity index is 0.000000273. The molecule has 2 aliphatic heterocycles. The minimum atomic E-state index is -4.64. The molecule has 0 aliphatic carbocycles. The summed E-state index contributed by atoms with van der Waals surface area (Å²) in [6.45, 7) is 16.0. The number of carbonyl (C=O) groups is 2. The number of carbonyl (C=O) groups excluding carboxylic acids is 2. The van der Waals surface area contributed by atoms with Crippen molar-refractivity contribution >= 4 is 118 Å². The topological polar surface area (TPSA) is 367 Å². The summed E-state index contributed by atoms with van der Waals surface area (Å²) in [5.74, 6) is 4.97. The van der Waals surface area contributed by atoms with Gasteiger partial charge in [-0.15, -0.1) is 33.8 Å². The van der Waals surface area contributed by atoms with Gasteiger partial charge in [-0.1, -0.05) is 268 Å². The number of benzene rings is 8. The number of hydrazine groups is 2. The molecule has 1 saturated heterocycles. The van der Waals surface area contributed by atoms with E-state index in [0.717, 1.165) is 31.4 Å². The van der Waals surface area contributed by atoms with Crippen LogP contribution in [0.15, 0.2) is 172 Å². The number of azide groups is 1. The molecule has 6 heterocycles. The molecule has 5 unspecified atom stereocenters. The van der Waals surface area contributed by atoms with Gasteiger partial charge < -0.3 is 57.0 Å². The quantitative estimate of drug-likeness (QED) is 0.00497. The number of ether oxygens (including phenoxy) is 6. The number of alkyl halides is 14. The molecule has 1 amide bonds. The summed E-state index contributed by atoms with van der Waals surface area (Å²) in [5.41, 5.74) is 24.9. The number of amidine groups is 1. The minimum absolute atomic E-state index is 0. The molecule has 2 aliphatic rings.